The molecule has 0 aromatic heterocycles. The second kappa shape index (κ2) is 8.99. The zero-order valence-corrected chi connectivity index (χ0v) is 15.8. The number of rotatable bonds is 5. The minimum Gasteiger partial charge on any atom is -0.339 e. The van der Waals surface area contributed by atoms with E-state index in [4.69, 9.17) is 11.6 Å². The van der Waals surface area contributed by atoms with Gasteiger partial charge in [0.1, 0.15) is 0 Å². The number of halogens is 1. The molecule has 5 nitrogen and oxygen atoms in total. The first-order chi connectivity index (χ1) is 12.1. The van der Waals surface area contributed by atoms with E-state index in [0.29, 0.717) is 12.6 Å². The lowest BCUT2D eigenvalue weighted by molar-refractivity contribution is -0.134. The first-order valence-electron chi connectivity index (χ1n) is 9.27. The van der Waals surface area contributed by atoms with Crippen LogP contribution in [0.25, 0.3) is 0 Å². The quantitative estimate of drug-likeness (QED) is 0.862. The van der Waals surface area contributed by atoms with Crippen LogP contribution in [-0.4, -0.2) is 79.5 Å². The maximum atomic E-state index is 12.6. The molecule has 3 rings (SSSR count). The molecule has 1 aromatic carbocycles. The van der Waals surface area contributed by atoms with Gasteiger partial charge >= 0.3 is 0 Å². The second-order valence-electron chi connectivity index (χ2n) is 7.18. The summed E-state index contributed by atoms with van der Waals surface area (Å²) in [5.41, 5.74) is 1.23. The van der Waals surface area contributed by atoms with Gasteiger partial charge in [-0.25, -0.2) is 0 Å². The molecule has 0 unspecified atom stereocenters. The van der Waals surface area contributed by atoms with Crippen molar-refractivity contribution in [2.45, 2.75) is 25.4 Å². The van der Waals surface area contributed by atoms with Crippen molar-refractivity contribution in [2.24, 2.45) is 0 Å². The minimum atomic E-state index is 0.267. The molecule has 0 saturated carbocycles. The zero-order valence-electron chi connectivity index (χ0n) is 15.1. The fourth-order valence-electron chi connectivity index (χ4n) is 3.74. The molecule has 2 saturated heterocycles. The van der Waals surface area contributed by atoms with Gasteiger partial charge < -0.3 is 10.2 Å². The fourth-order valence-corrected chi connectivity index (χ4v) is 3.95. The summed E-state index contributed by atoms with van der Waals surface area (Å²) in [7, 11) is 2.09. The van der Waals surface area contributed by atoms with E-state index in [1.54, 1.807) is 0 Å². The van der Waals surface area contributed by atoms with Gasteiger partial charge in [-0.05, 0) is 50.7 Å². The van der Waals surface area contributed by atoms with E-state index in [-0.39, 0.29) is 5.91 Å². The van der Waals surface area contributed by atoms with Crippen LogP contribution in [0, 0.1) is 0 Å². The van der Waals surface area contributed by atoms with Crippen LogP contribution in [0.15, 0.2) is 24.3 Å². The average Bonchev–Trinajstić information content (AvgIpc) is 2.63. The minimum absolute atomic E-state index is 0.267. The van der Waals surface area contributed by atoms with Gasteiger partial charge in [-0.2, -0.15) is 0 Å². The molecule has 2 heterocycles. The normalized spacial score (nSPS) is 20.2. The molecule has 2 aliphatic rings. The third-order valence-corrected chi connectivity index (χ3v) is 5.57. The first-order valence-corrected chi connectivity index (χ1v) is 9.65. The molecule has 1 aromatic rings. The average molecular weight is 365 g/mol. The number of carbonyl (C=O) groups is 1. The Morgan fingerprint density at radius 2 is 1.96 bits per heavy atom. The van der Waals surface area contributed by atoms with Crippen molar-refractivity contribution in [3.63, 3.8) is 0 Å². The van der Waals surface area contributed by atoms with E-state index in [1.165, 1.54) is 5.56 Å². The maximum absolute atomic E-state index is 12.6. The van der Waals surface area contributed by atoms with E-state index in [2.05, 4.69) is 28.2 Å². The number of hydrogen-bond acceptors (Lipinski definition) is 4. The summed E-state index contributed by atoms with van der Waals surface area (Å²) in [6, 6.07) is 8.56. The molecule has 138 valence electrons. The first kappa shape index (κ1) is 18.6. The highest BCUT2D eigenvalue weighted by molar-refractivity contribution is 6.30. The third kappa shape index (κ3) is 5.42. The lowest BCUT2D eigenvalue weighted by Gasteiger charge is -2.37. The van der Waals surface area contributed by atoms with Gasteiger partial charge in [-0.1, -0.05) is 23.7 Å². The molecular weight excluding hydrogens is 336 g/mol. The molecule has 2 fully saturated rings. The zero-order chi connectivity index (χ0) is 17.6. The van der Waals surface area contributed by atoms with E-state index < -0.39 is 0 Å². The Kier molecular flexibility index (Phi) is 6.70. The maximum Gasteiger partial charge on any atom is 0.236 e. The number of benzene rings is 1. The molecular formula is C19H29ClN4O. The summed E-state index contributed by atoms with van der Waals surface area (Å²) in [5, 5.41) is 4.16. The van der Waals surface area contributed by atoms with Crippen molar-refractivity contribution < 1.29 is 4.79 Å². The molecule has 0 spiro atoms. The van der Waals surface area contributed by atoms with E-state index in [0.717, 1.165) is 63.7 Å². The largest absolute Gasteiger partial charge is 0.339 e. The Morgan fingerprint density at radius 1 is 1.24 bits per heavy atom. The van der Waals surface area contributed by atoms with E-state index >= 15 is 0 Å². The lowest BCUT2D eigenvalue weighted by Crippen LogP contribution is -2.52. The molecule has 0 bridgehead atoms. The van der Waals surface area contributed by atoms with Crippen LogP contribution in [0.1, 0.15) is 18.4 Å². The summed E-state index contributed by atoms with van der Waals surface area (Å²) in [6.07, 6.45) is 2.27. The van der Waals surface area contributed by atoms with Gasteiger partial charge in [0.2, 0.25) is 5.91 Å². The van der Waals surface area contributed by atoms with Crippen molar-refractivity contribution in [3.05, 3.63) is 34.9 Å². The summed E-state index contributed by atoms with van der Waals surface area (Å²) < 4.78 is 0. The predicted octanol–water partition coefficient (Wildman–Crippen LogP) is 1.67. The lowest BCUT2D eigenvalue weighted by atomic mass is 10.1. The molecule has 0 aliphatic carbocycles. The molecule has 1 N–H and O–H groups in total. The number of likely N-dealkylation sites (N-methyl/N-ethyl adjacent to an activating group) is 1. The molecule has 25 heavy (non-hydrogen) atoms. The van der Waals surface area contributed by atoms with Gasteiger partial charge in [-0.15, -0.1) is 0 Å². The molecule has 0 radical (unpaired) electrons. The highest BCUT2D eigenvalue weighted by atomic mass is 35.5. The highest BCUT2D eigenvalue weighted by Crippen LogP contribution is 2.15. The predicted molar refractivity (Wildman–Crippen MR) is 102 cm³/mol. The van der Waals surface area contributed by atoms with Crippen LogP contribution in [0.3, 0.4) is 0 Å². The van der Waals surface area contributed by atoms with Crippen LogP contribution in [0.2, 0.25) is 5.02 Å². The topological polar surface area (TPSA) is 38.8 Å². The van der Waals surface area contributed by atoms with Crippen LogP contribution < -0.4 is 5.32 Å². The number of carbonyl (C=O) groups excluding carboxylic acids is 1. The summed E-state index contributed by atoms with van der Waals surface area (Å²) >= 11 is 6.06. The van der Waals surface area contributed by atoms with Gasteiger partial charge in [0.15, 0.2) is 0 Å². The smallest absolute Gasteiger partial charge is 0.236 e. The SMILES string of the molecule is CN(CC(=O)N1CCN(Cc2cccc(Cl)c2)CC1)C1CCNCC1. The van der Waals surface area contributed by atoms with Crippen LogP contribution in [0.5, 0.6) is 0 Å². The van der Waals surface area contributed by atoms with Crippen molar-refractivity contribution in [2.75, 3.05) is 52.9 Å². The van der Waals surface area contributed by atoms with Crippen LogP contribution >= 0.6 is 11.6 Å². The number of piperazine rings is 1. The fraction of sp³-hybridized carbons (Fsp3) is 0.632. The number of nitrogens with one attached hydrogen (secondary N) is 1. The van der Waals surface area contributed by atoms with Crippen molar-refractivity contribution in [1.82, 2.24) is 20.0 Å². The second-order valence-corrected chi connectivity index (χ2v) is 7.62. The molecule has 0 atom stereocenters. The molecule has 6 heteroatoms. The summed E-state index contributed by atoms with van der Waals surface area (Å²) in [6.45, 7) is 7.05. The van der Waals surface area contributed by atoms with Crippen molar-refractivity contribution in [3.8, 4) is 0 Å². The molecule has 1 amide bonds. The van der Waals surface area contributed by atoms with Crippen LogP contribution in [0.4, 0.5) is 0 Å². The van der Waals surface area contributed by atoms with Gasteiger partial charge in [0.05, 0.1) is 6.54 Å². The van der Waals surface area contributed by atoms with Gasteiger partial charge in [-0.3, -0.25) is 14.6 Å². The Balaban J connectivity index is 1.42. The van der Waals surface area contributed by atoms with Gasteiger partial charge in [0.25, 0.3) is 0 Å². The molecule has 2 aliphatic heterocycles. The number of amides is 1. The summed E-state index contributed by atoms with van der Waals surface area (Å²) in [5.74, 6) is 0.267. The summed E-state index contributed by atoms with van der Waals surface area (Å²) in [4.78, 5) is 19.2. The number of piperidine rings is 1. The van der Waals surface area contributed by atoms with E-state index in [9.17, 15) is 4.79 Å². The highest BCUT2D eigenvalue weighted by Gasteiger charge is 2.25. The number of nitrogens with zero attached hydrogens (tertiary/aromatic N) is 3. The van der Waals surface area contributed by atoms with E-state index in [1.807, 2.05) is 23.1 Å². The monoisotopic (exact) mass is 364 g/mol. The Morgan fingerprint density at radius 3 is 2.64 bits per heavy atom. The Labute approximate surface area is 155 Å². The van der Waals surface area contributed by atoms with Crippen LogP contribution in [-0.2, 0) is 11.3 Å². The van der Waals surface area contributed by atoms with Gasteiger partial charge in [0, 0.05) is 43.8 Å². The number of hydrogen-bond donors (Lipinski definition) is 1. The van der Waals surface area contributed by atoms with Crippen molar-refractivity contribution >= 4 is 17.5 Å². The van der Waals surface area contributed by atoms with Crippen molar-refractivity contribution in [1.29, 1.82) is 0 Å². The third-order valence-electron chi connectivity index (χ3n) is 5.34. The Hall–Kier alpha value is -1.14. The standard InChI is InChI=1S/C19H29ClN4O/c1-22(18-5-7-21-8-6-18)15-19(25)24-11-9-23(10-12-24)14-16-3-2-4-17(20)13-16/h2-4,13,18,21H,5-12,14-15H2,1H3. The Bertz CT molecular complexity index is 568.